The van der Waals surface area contributed by atoms with Crippen molar-refractivity contribution in [3.8, 4) is 11.3 Å². The molecule has 1 atom stereocenters. The average Bonchev–Trinajstić information content (AvgIpc) is 3.37. The zero-order valence-corrected chi connectivity index (χ0v) is 17.2. The molecule has 1 saturated heterocycles. The minimum atomic E-state index is -0.918. The van der Waals surface area contributed by atoms with Gasteiger partial charge in [-0.1, -0.05) is 6.07 Å². The molecule has 2 aliphatic heterocycles. The van der Waals surface area contributed by atoms with Crippen molar-refractivity contribution in [2.24, 2.45) is 11.1 Å². The first kappa shape index (κ1) is 19.2. The van der Waals surface area contributed by atoms with Gasteiger partial charge in [-0.2, -0.15) is 5.10 Å². The van der Waals surface area contributed by atoms with Gasteiger partial charge in [-0.15, -0.1) is 0 Å². The molecule has 3 aromatic heterocycles. The Morgan fingerprint density at radius 3 is 2.69 bits per heavy atom. The van der Waals surface area contributed by atoms with Gasteiger partial charge in [0, 0.05) is 36.8 Å². The van der Waals surface area contributed by atoms with Crippen LogP contribution >= 0.6 is 0 Å². The Balaban J connectivity index is 1.23. The maximum atomic E-state index is 14.1. The minimum absolute atomic E-state index is 0.000627. The third kappa shape index (κ3) is 2.88. The van der Waals surface area contributed by atoms with Crippen LogP contribution in [0.1, 0.15) is 24.6 Å². The van der Waals surface area contributed by atoms with Crippen LogP contribution in [0.2, 0.25) is 0 Å². The normalized spacial score (nSPS) is 19.6. The minimum Gasteiger partial charge on any atom is -0.355 e. The molecule has 1 spiro atoms. The molecule has 0 bridgehead atoms. The van der Waals surface area contributed by atoms with Crippen LogP contribution in [0.25, 0.3) is 22.4 Å². The smallest absolute Gasteiger partial charge is 0.178 e. The first-order valence-corrected chi connectivity index (χ1v) is 10.6. The fourth-order valence-corrected chi connectivity index (χ4v) is 5.00. The number of benzene rings is 1. The topological polar surface area (TPSA) is 85.8 Å². The van der Waals surface area contributed by atoms with Crippen molar-refractivity contribution in [3.63, 3.8) is 0 Å². The fraction of sp³-hybridized carbons (Fsp3) is 0.304. The molecule has 0 amide bonds. The summed E-state index contributed by atoms with van der Waals surface area (Å²) in [4.78, 5) is 15.8. The lowest BCUT2D eigenvalue weighted by Gasteiger charge is -2.41. The molecule has 1 fully saturated rings. The molecule has 0 saturated carbocycles. The van der Waals surface area contributed by atoms with Crippen molar-refractivity contribution in [1.29, 1.82) is 0 Å². The number of hydrogen-bond acceptors (Lipinski definition) is 6. The van der Waals surface area contributed by atoms with Crippen LogP contribution in [0.4, 0.5) is 14.6 Å². The van der Waals surface area contributed by atoms with E-state index in [0.29, 0.717) is 16.9 Å². The third-order valence-electron chi connectivity index (χ3n) is 6.90. The van der Waals surface area contributed by atoms with Crippen LogP contribution in [0.3, 0.4) is 0 Å². The maximum absolute atomic E-state index is 14.1. The van der Waals surface area contributed by atoms with E-state index >= 15 is 0 Å². The van der Waals surface area contributed by atoms with Crippen LogP contribution in [-0.2, 0) is 6.54 Å². The fourth-order valence-electron chi connectivity index (χ4n) is 5.00. The number of piperidine rings is 1. The first-order valence-electron chi connectivity index (χ1n) is 10.6. The second-order valence-electron chi connectivity index (χ2n) is 8.61. The molecule has 0 aliphatic carbocycles. The lowest BCUT2D eigenvalue weighted by Crippen LogP contribution is -2.45. The summed E-state index contributed by atoms with van der Waals surface area (Å²) in [7, 11) is 0. The van der Waals surface area contributed by atoms with Gasteiger partial charge in [-0.3, -0.25) is 4.68 Å². The van der Waals surface area contributed by atoms with Crippen molar-refractivity contribution >= 4 is 17.0 Å². The van der Waals surface area contributed by atoms with Gasteiger partial charge < -0.3 is 10.6 Å². The van der Waals surface area contributed by atoms with E-state index < -0.39 is 11.6 Å². The highest BCUT2D eigenvalue weighted by Gasteiger charge is 2.47. The summed E-state index contributed by atoms with van der Waals surface area (Å²) in [6.45, 7) is 2.52. The predicted molar refractivity (Wildman–Crippen MR) is 116 cm³/mol. The van der Waals surface area contributed by atoms with Crippen molar-refractivity contribution in [3.05, 3.63) is 66.1 Å². The van der Waals surface area contributed by atoms with Gasteiger partial charge in [0.1, 0.15) is 11.3 Å². The van der Waals surface area contributed by atoms with E-state index in [1.54, 1.807) is 18.3 Å². The second kappa shape index (κ2) is 7.03. The first-order chi connectivity index (χ1) is 15.5. The van der Waals surface area contributed by atoms with E-state index in [0.717, 1.165) is 50.1 Å². The number of nitrogens with two attached hydrogens (primary N) is 1. The summed E-state index contributed by atoms with van der Waals surface area (Å²) in [6.07, 6.45) is 5.41. The van der Waals surface area contributed by atoms with Crippen molar-refractivity contribution in [2.75, 3.05) is 18.0 Å². The van der Waals surface area contributed by atoms with E-state index in [9.17, 15) is 8.78 Å². The summed E-state index contributed by atoms with van der Waals surface area (Å²) in [6, 6.07) is 9.44. The van der Waals surface area contributed by atoms with Gasteiger partial charge in [-0.25, -0.2) is 23.7 Å². The Kier molecular flexibility index (Phi) is 4.23. The van der Waals surface area contributed by atoms with E-state index in [4.69, 9.17) is 10.7 Å². The number of nitrogens with zero attached hydrogens (tertiary/aromatic N) is 6. The van der Waals surface area contributed by atoms with Gasteiger partial charge in [-0.05, 0) is 43.2 Å². The highest BCUT2D eigenvalue weighted by molar-refractivity contribution is 5.76. The van der Waals surface area contributed by atoms with Crippen LogP contribution in [0.15, 0.2) is 48.8 Å². The number of aromatic nitrogens is 5. The quantitative estimate of drug-likeness (QED) is 0.521. The highest BCUT2D eigenvalue weighted by Crippen LogP contribution is 2.47. The van der Waals surface area contributed by atoms with Crippen LogP contribution in [0.5, 0.6) is 0 Å². The molecule has 2 aliphatic rings. The Hall–Kier alpha value is -3.46. The Bertz CT molecular complexity index is 1330. The summed E-state index contributed by atoms with van der Waals surface area (Å²) in [5, 5.41) is 4.40. The van der Waals surface area contributed by atoms with Crippen LogP contribution in [-0.4, -0.2) is 37.8 Å². The summed E-state index contributed by atoms with van der Waals surface area (Å²) >= 11 is 0. The van der Waals surface area contributed by atoms with E-state index in [-0.39, 0.29) is 17.0 Å². The average molecular weight is 433 g/mol. The van der Waals surface area contributed by atoms with Crippen LogP contribution < -0.4 is 10.6 Å². The monoisotopic (exact) mass is 433 g/mol. The molecule has 9 heteroatoms. The van der Waals surface area contributed by atoms with Gasteiger partial charge in [0.25, 0.3) is 0 Å². The maximum Gasteiger partial charge on any atom is 0.178 e. The molecule has 1 aromatic carbocycles. The summed E-state index contributed by atoms with van der Waals surface area (Å²) in [5.41, 5.74) is 9.16. The van der Waals surface area contributed by atoms with Crippen molar-refractivity contribution in [2.45, 2.75) is 25.4 Å². The predicted octanol–water partition coefficient (Wildman–Crippen LogP) is 3.47. The lowest BCUT2D eigenvalue weighted by atomic mass is 9.73. The lowest BCUT2D eigenvalue weighted by molar-refractivity contribution is 0.170. The number of anilines is 1. The zero-order valence-electron chi connectivity index (χ0n) is 17.2. The van der Waals surface area contributed by atoms with Gasteiger partial charge >= 0.3 is 0 Å². The van der Waals surface area contributed by atoms with E-state index in [2.05, 4.69) is 20.0 Å². The number of hydrogen-bond donors (Lipinski definition) is 1. The standard InChI is InChI=1S/C23H21F2N7/c24-15-3-1-2-14(20(15)25)16-4-5-17-22(30-16)27-12-19(29-17)31-10-7-23(8-11-31)13-32-18(21(23)26)6-9-28-32/h1-6,9,12,21H,7-8,10-11,13,26H2/t21-/m1/s1. The van der Waals surface area contributed by atoms with Gasteiger partial charge in [0.15, 0.2) is 17.3 Å². The highest BCUT2D eigenvalue weighted by atomic mass is 19.2. The van der Waals surface area contributed by atoms with Gasteiger partial charge in [0.05, 0.1) is 23.6 Å². The second-order valence-corrected chi connectivity index (χ2v) is 8.61. The van der Waals surface area contributed by atoms with E-state index in [1.165, 1.54) is 12.1 Å². The Morgan fingerprint density at radius 1 is 1.03 bits per heavy atom. The Labute approximate surface area is 182 Å². The van der Waals surface area contributed by atoms with Crippen molar-refractivity contribution in [1.82, 2.24) is 24.7 Å². The molecule has 6 rings (SSSR count). The molecule has 4 aromatic rings. The number of halogens is 2. The SMILES string of the molecule is N[C@@H]1c2ccnn2CC12CCN(c1cnc3nc(-c4cccc(F)c4F)ccc3n1)CC2. The number of rotatable bonds is 2. The molecule has 5 heterocycles. The summed E-state index contributed by atoms with van der Waals surface area (Å²) in [5.74, 6) is -1.04. The molecule has 0 radical (unpaired) electrons. The van der Waals surface area contributed by atoms with Gasteiger partial charge in [0.2, 0.25) is 0 Å². The molecule has 162 valence electrons. The third-order valence-corrected chi connectivity index (χ3v) is 6.90. The molecule has 0 unspecified atom stereocenters. The zero-order chi connectivity index (χ0) is 21.9. The summed E-state index contributed by atoms with van der Waals surface area (Å²) < 4.78 is 29.8. The molecule has 2 N–H and O–H groups in total. The molecule has 7 nitrogen and oxygen atoms in total. The van der Waals surface area contributed by atoms with Crippen LogP contribution in [0, 0.1) is 17.0 Å². The molecule has 32 heavy (non-hydrogen) atoms. The number of pyridine rings is 1. The molecular formula is C23H21F2N7. The van der Waals surface area contributed by atoms with E-state index in [1.807, 2.05) is 16.9 Å². The Morgan fingerprint density at radius 2 is 1.88 bits per heavy atom. The van der Waals surface area contributed by atoms with Crippen molar-refractivity contribution < 1.29 is 8.78 Å². The largest absolute Gasteiger partial charge is 0.355 e. The number of fused-ring (bicyclic) bond motifs is 2. The molecular weight excluding hydrogens is 412 g/mol.